The lowest BCUT2D eigenvalue weighted by Gasteiger charge is -2.13. The molecule has 1 N–H and O–H groups in total. The normalized spacial score (nSPS) is 11.6. The van der Waals surface area contributed by atoms with Gasteiger partial charge in [-0.25, -0.2) is 23.1 Å². The van der Waals surface area contributed by atoms with Crippen LogP contribution in [0.2, 0.25) is 0 Å². The molecule has 0 unspecified atom stereocenters. The van der Waals surface area contributed by atoms with Gasteiger partial charge in [0, 0.05) is 6.54 Å². The predicted octanol–water partition coefficient (Wildman–Crippen LogP) is 4.58. The number of aromatic amines is 1. The molecule has 0 fully saturated rings. The number of rotatable bonds is 5. The van der Waals surface area contributed by atoms with Gasteiger partial charge in [0.1, 0.15) is 17.4 Å². The summed E-state index contributed by atoms with van der Waals surface area (Å²) in [7, 11) is 1.87. The summed E-state index contributed by atoms with van der Waals surface area (Å²) in [5.74, 6) is -1.02. The van der Waals surface area contributed by atoms with Crippen LogP contribution < -0.4 is 0 Å². The van der Waals surface area contributed by atoms with Crippen LogP contribution in [0.15, 0.2) is 40.8 Å². The fourth-order valence-corrected chi connectivity index (χ4v) is 3.04. The Balaban J connectivity index is 1.52. The summed E-state index contributed by atoms with van der Waals surface area (Å²) >= 11 is 0. The highest BCUT2D eigenvalue weighted by atomic mass is 19.2. The van der Waals surface area contributed by atoms with Gasteiger partial charge in [-0.2, -0.15) is 0 Å². The Labute approximate surface area is 158 Å². The maximum absolute atomic E-state index is 14.0. The Morgan fingerprint density at radius 1 is 1.07 bits per heavy atom. The molecule has 0 aliphatic heterocycles. The van der Waals surface area contributed by atoms with Crippen molar-refractivity contribution in [3.8, 4) is 11.5 Å². The Kier molecular flexibility index (Phi) is 4.64. The first-order chi connectivity index (χ1) is 13.4. The number of hydrogen-bond acceptors (Lipinski definition) is 4. The number of aryl methyl sites for hydroxylation is 1. The van der Waals surface area contributed by atoms with Crippen molar-refractivity contribution < 1.29 is 17.6 Å². The smallest absolute Gasteiger partial charge is 0.229 e. The van der Waals surface area contributed by atoms with E-state index in [0.717, 1.165) is 6.07 Å². The summed E-state index contributed by atoms with van der Waals surface area (Å²) in [6, 6.07) is 8.25. The van der Waals surface area contributed by atoms with Crippen LogP contribution in [0.3, 0.4) is 0 Å². The molecule has 0 bridgehead atoms. The number of fused-ring (bicyclic) bond motifs is 1. The van der Waals surface area contributed by atoms with E-state index in [-0.39, 0.29) is 17.3 Å². The second-order valence-electron chi connectivity index (χ2n) is 6.64. The number of aromatic nitrogens is 3. The number of halogens is 3. The lowest BCUT2D eigenvalue weighted by Crippen LogP contribution is -2.18. The summed E-state index contributed by atoms with van der Waals surface area (Å²) in [6.45, 7) is 2.60. The van der Waals surface area contributed by atoms with Crippen LogP contribution in [0.25, 0.3) is 22.5 Å². The van der Waals surface area contributed by atoms with Crippen molar-refractivity contribution in [1.29, 1.82) is 0 Å². The van der Waals surface area contributed by atoms with Gasteiger partial charge in [0.15, 0.2) is 11.6 Å². The van der Waals surface area contributed by atoms with Crippen molar-refractivity contribution in [3.05, 3.63) is 71.1 Å². The Morgan fingerprint density at radius 3 is 2.71 bits per heavy atom. The minimum atomic E-state index is -0.988. The molecular formula is C20H17F3N4O. The van der Waals surface area contributed by atoms with Gasteiger partial charge in [-0.05, 0) is 44.3 Å². The number of oxazole rings is 1. The van der Waals surface area contributed by atoms with E-state index < -0.39 is 11.6 Å². The molecule has 28 heavy (non-hydrogen) atoms. The number of nitrogens with zero attached hydrogens (tertiary/aromatic N) is 3. The van der Waals surface area contributed by atoms with Gasteiger partial charge < -0.3 is 9.40 Å². The molecule has 4 aromatic rings. The standard InChI is InChI=1S/C20H17F3N4O/c1-11-17(26-20(28-11)13-4-3-5-14(22)19(13)23)9-27(2)10-18-24-15-7-6-12(21)8-16(15)25-18/h3-8H,9-10H2,1-2H3,(H,24,25). The van der Waals surface area contributed by atoms with Gasteiger partial charge in [0.25, 0.3) is 0 Å². The molecule has 0 aliphatic rings. The number of hydrogen-bond donors (Lipinski definition) is 1. The summed E-state index contributed by atoms with van der Waals surface area (Å²) in [5, 5.41) is 0. The highest BCUT2D eigenvalue weighted by Gasteiger charge is 2.18. The van der Waals surface area contributed by atoms with E-state index in [1.807, 2.05) is 11.9 Å². The molecule has 2 aromatic heterocycles. The Morgan fingerprint density at radius 2 is 1.89 bits per heavy atom. The Hall–Kier alpha value is -3.13. The largest absolute Gasteiger partial charge is 0.441 e. The van der Waals surface area contributed by atoms with Gasteiger partial charge >= 0.3 is 0 Å². The average Bonchev–Trinajstić information content (AvgIpc) is 3.19. The molecule has 0 saturated heterocycles. The van der Waals surface area contributed by atoms with E-state index >= 15 is 0 Å². The molecule has 0 saturated carbocycles. The third kappa shape index (κ3) is 3.50. The van der Waals surface area contributed by atoms with Crippen molar-refractivity contribution in [3.63, 3.8) is 0 Å². The van der Waals surface area contributed by atoms with Crippen molar-refractivity contribution in [2.45, 2.75) is 20.0 Å². The van der Waals surface area contributed by atoms with Crippen LogP contribution in [0, 0.1) is 24.4 Å². The van der Waals surface area contributed by atoms with Crippen LogP contribution in [-0.4, -0.2) is 26.9 Å². The third-order valence-electron chi connectivity index (χ3n) is 4.41. The molecule has 0 spiro atoms. The topological polar surface area (TPSA) is 58.0 Å². The predicted molar refractivity (Wildman–Crippen MR) is 97.8 cm³/mol. The van der Waals surface area contributed by atoms with Crippen LogP contribution in [-0.2, 0) is 13.1 Å². The van der Waals surface area contributed by atoms with E-state index in [4.69, 9.17) is 4.42 Å². The summed E-state index contributed by atoms with van der Waals surface area (Å²) < 4.78 is 46.3. The molecular weight excluding hydrogens is 369 g/mol. The van der Waals surface area contributed by atoms with E-state index in [0.29, 0.717) is 41.4 Å². The molecule has 2 heterocycles. The Bertz CT molecular complexity index is 1150. The van der Waals surface area contributed by atoms with Crippen molar-refractivity contribution in [2.75, 3.05) is 7.05 Å². The van der Waals surface area contributed by atoms with Gasteiger partial charge in [-0.15, -0.1) is 0 Å². The summed E-state index contributed by atoms with van der Waals surface area (Å²) in [4.78, 5) is 13.8. The lowest BCUT2D eigenvalue weighted by atomic mass is 10.2. The summed E-state index contributed by atoms with van der Waals surface area (Å²) in [6.07, 6.45) is 0. The first-order valence-electron chi connectivity index (χ1n) is 8.64. The minimum absolute atomic E-state index is 0.0173. The zero-order valence-electron chi connectivity index (χ0n) is 15.3. The average molecular weight is 386 g/mol. The maximum atomic E-state index is 14.0. The van der Waals surface area contributed by atoms with Gasteiger partial charge in [0.05, 0.1) is 28.8 Å². The lowest BCUT2D eigenvalue weighted by molar-refractivity contribution is 0.306. The number of imidazole rings is 1. The highest BCUT2D eigenvalue weighted by molar-refractivity contribution is 5.74. The van der Waals surface area contributed by atoms with Gasteiger partial charge in [0.2, 0.25) is 5.89 Å². The van der Waals surface area contributed by atoms with E-state index in [1.54, 1.807) is 13.0 Å². The fraction of sp³-hybridized carbons (Fsp3) is 0.200. The monoisotopic (exact) mass is 386 g/mol. The van der Waals surface area contributed by atoms with Crippen LogP contribution in [0.5, 0.6) is 0 Å². The molecule has 2 aromatic carbocycles. The molecule has 0 radical (unpaired) electrons. The second kappa shape index (κ2) is 7.12. The molecule has 4 rings (SSSR count). The quantitative estimate of drug-likeness (QED) is 0.546. The first kappa shape index (κ1) is 18.2. The number of benzene rings is 2. The zero-order valence-corrected chi connectivity index (χ0v) is 15.3. The molecule has 5 nitrogen and oxygen atoms in total. The van der Waals surface area contributed by atoms with Crippen molar-refractivity contribution in [1.82, 2.24) is 19.9 Å². The van der Waals surface area contributed by atoms with Gasteiger partial charge in [-0.1, -0.05) is 6.07 Å². The van der Waals surface area contributed by atoms with Crippen molar-refractivity contribution >= 4 is 11.0 Å². The fourth-order valence-electron chi connectivity index (χ4n) is 3.04. The molecule has 144 valence electrons. The van der Waals surface area contributed by atoms with E-state index in [2.05, 4.69) is 15.0 Å². The van der Waals surface area contributed by atoms with Crippen molar-refractivity contribution in [2.24, 2.45) is 0 Å². The van der Waals surface area contributed by atoms with Crippen LogP contribution in [0.4, 0.5) is 13.2 Å². The third-order valence-corrected chi connectivity index (χ3v) is 4.41. The number of H-pyrrole nitrogens is 1. The number of nitrogens with one attached hydrogen (secondary N) is 1. The highest BCUT2D eigenvalue weighted by Crippen LogP contribution is 2.26. The van der Waals surface area contributed by atoms with Crippen LogP contribution in [0.1, 0.15) is 17.3 Å². The van der Waals surface area contributed by atoms with Crippen LogP contribution >= 0.6 is 0 Å². The molecule has 0 aliphatic carbocycles. The maximum Gasteiger partial charge on any atom is 0.229 e. The molecule has 0 atom stereocenters. The minimum Gasteiger partial charge on any atom is -0.441 e. The molecule has 8 heteroatoms. The van der Waals surface area contributed by atoms with E-state index in [9.17, 15) is 13.2 Å². The second-order valence-corrected chi connectivity index (χ2v) is 6.64. The van der Waals surface area contributed by atoms with E-state index in [1.165, 1.54) is 24.3 Å². The zero-order chi connectivity index (χ0) is 19.8. The molecule has 0 amide bonds. The SMILES string of the molecule is Cc1oc(-c2cccc(F)c2F)nc1CN(C)Cc1nc2ccc(F)cc2[nH]1. The van der Waals surface area contributed by atoms with Gasteiger partial charge in [-0.3, -0.25) is 4.90 Å². The summed E-state index contributed by atoms with van der Waals surface area (Å²) in [5.41, 5.74) is 1.91. The first-order valence-corrected chi connectivity index (χ1v) is 8.64.